The van der Waals surface area contributed by atoms with Gasteiger partial charge in [-0.3, -0.25) is 4.79 Å². The van der Waals surface area contributed by atoms with E-state index < -0.39 is 0 Å². The number of nitrogens with zero attached hydrogens (tertiary/aromatic N) is 1. The van der Waals surface area contributed by atoms with E-state index in [1.807, 2.05) is 11.0 Å². The van der Waals surface area contributed by atoms with Crippen LogP contribution in [-0.2, 0) is 9.47 Å². The molecule has 3 rings (SSSR count). The van der Waals surface area contributed by atoms with Crippen molar-refractivity contribution in [2.75, 3.05) is 40.5 Å². The molecule has 0 aliphatic carbocycles. The number of likely N-dealkylation sites (tertiary alicyclic amines) is 1. The van der Waals surface area contributed by atoms with Crippen molar-refractivity contribution in [3.8, 4) is 11.5 Å². The molecule has 2 aliphatic heterocycles. The zero-order valence-electron chi connectivity index (χ0n) is 13.9. The number of ether oxygens (including phenoxy) is 4. The Morgan fingerprint density at radius 2 is 1.88 bits per heavy atom. The summed E-state index contributed by atoms with van der Waals surface area (Å²) in [7, 11) is 3.16. The molecule has 0 spiro atoms. The van der Waals surface area contributed by atoms with E-state index in [1.54, 1.807) is 20.3 Å². The predicted octanol–water partition coefficient (Wildman–Crippen LogP) is 2.53. The Labute approximate surface area is 155 Å². The number of hydrogen-bond donors (Lipinski definition) is 0. The average Bonchev–Trinajstić information content (AvgIpc) is 3.15. The standard InChI is InChI=1S/C17H22INO5/c1-21-14-8-12(13(18)9-15(14)22-2)16(20)19-5-3-4-11(10-19)17-23-6-7-24-17/h8-9,11,17H,3-7,10H2,1-2H3. The fraction of sp³-hybridized carbons (Fsp3) is 0.588. The van der Waals surface area contributed by atoms with E-state index in [4.69, 9.17) is 18.9 Å². The summed E-state index contributed by atoms with van der Waals surface area (Å²) in [6, 6.07) is 3.59. The second kappa shape index (κ2) is 7.88. The first-order valence-electron chi connectivity index (χ1n) is 8.08. The molecule has 1 unspecified atom stereocenters. The van der Waals surface area contributed by atoms with Gasteiger partial charge in [-0.25, -0.2) is 0 Å². The SMILES string of the molecule is COc1cc(I)c(C(=O)N2CCCC(C3OCCO3)C2)cc1OC. The van der Waals surface area contributed by atoms with Gasteiger partial charge in [-0.2, -0.15) is 0 Å². The van der Waals surface area contributed by atoms with Gasteiger partial charge in [0.05, 0.1) is 33.0 Å². The first kappa shape index (κ1) is 17.8. The number of benzene rings is 1. The molecule has 0 aromatic heterocycles. The lowest BCUT2D eigenvalue weighted by Gasteiger charge is -2.35. The number of carbonyl (C=O) groups excluding carboxylic acids is 1. The zero-order valence-corrected chi connectivity index (χ0v) is 16.1. The zero-order chi connectivity index (χ0) is 17.1. The van der Waals surface area contributed by atoms with E-state index >= 15 is 0 Å². The molecule has 24 heavy (non-hydrogen) atoms. The van der Waals surface area contributed by atoms with Crippen LogP contribution in [0.4, 0.5) is 0 Å². The summed E-state index contributed by atoms with van der Waals surface area (Å²) >= 11 is 2.16. The van der Waals surface area contributed by atoms with Crippen molar-refractivity contribution in [2.24, 2.45) is 5.92 Å². The lowest BCUT2D eigenvalue weighted by molar-refractivity contribution is -0.0969. The molecule has 2 heterocycles. The summed E-state index contributed by atoms with van der Waals surface area (Å²) < 4.78 is 22.7. The van der Waals surface area contributed by atoms with Gasteiger partial charge < -0.3 is 23.8 Å². The van der Waals surface area contributed by atoms with E-state index in [9.17, 15) is 4.79 Å². The van der Waals surface area contributed by atoms with Crippen LogP contribution in [0.25, 0.3) is 0 Å². The quantitative estimate of drug-likeness (QED) is 0.665. The minimum atomic E-state index is -0.176. The molecule has 0 N–H and O–H groups in total. The van der Waals surface area contributed by atoms with Crippen molar-refractivity contribution < 1.29 is 23.7 Å². The van der Waals surface area contributed by atoms with Gasteiger partial charge in [-0.1, -0.05) is 0 Å². The van der Waals surface area contributed by atoms with Gasteiger partial charge in [-0.15, -0.1) is 0 Å². The van der Waals surface area contributed by atoms with E-state index in [1.165, 1.54) is 0 Å². The Hall–Kier alpha value is -1.06. The van der Waals surface area contributed by atoms with Gasteiger partial charge in [0.15, 0.2) is 17.8 Å². The maximum atomic E-state index is 13.0. The van der Waals surface area contributed by atoms with Crippen LogP contribution in [0.2, 0.25) is 0 Å². The smallest absolute Gasteiger partial charge is 0.255 e. The lowest BCUT2D eigenvalue weighted by Crippen LogP contribution is -2.44. The number of rotatable bonds is 4. The summed E-state index contributed by atoms with van der Waals surface area (Å²) in [5.74, 6) is 1.45. The maximum absolute atomic E-state index is 13.0. The molecule has 1 atom stereocenters. The van der Waals surface area contributed by atoms with Gasteiger partial charge in [0.25, 0.3) is 5.91 Å². The van der Waals surface area contributed by atoms with Crippen LogP contribution < -0.4 is 9.47 Å². The third-order valence-corrected chi connectivity index (χ3v) is 5.37. The summed E-state index contributed by atoms with van der Waals surface area (Å²) in [5.41, 5.74) is 0.641. The van der Waals surface area contributed by atoms with Crippen molar-refractivity contribution in [1.82, 2.24) is 4.90 Å². The normalized spacial score (nSPS) is 21.8. The number of hydrogen-bond acceptors (Lipinski definition) is 5. The molecule has 7 heteroatoms. The predicted molar refractivity (Wildman–Crippen MR) is 96.6 cm³/mol. The second-order valence-electron chi connectivity index (χ2n) is 5.95. The molecule has 0 saturated carbocycles. The molecule has 0 radical (unpaired) electrons. The number of halogens is 1. The highest BCUT2D eigenvalue weighted by Gasteiger charge is 2.33. The van der Waals surface area contributed by atoms with Crippen LogP contribution in [0.5, 0.6) is 11.5 Å². The molecule has 1 aromatic rings. The second-order valence-corrected chi connectivity index (χ2v) is 7.11. The first-order chi connectivity index (χ1) is 11.6. The van der Waals surface area contributed by atoms with Gasteiger partial charge in [0.2, 0.25) is 0 Å². The summed E-state index contributed by atoms with van der Waals surface area (Å²) in [4.78, 5) is 14.9. The number of amides is 1. The summed E-state index contributed by atoms with van der Waals surface area (Å²) in [5, 5.41) is 0. The minimum absolute atomic E-state index is 0.0167. The summed E-state index contributed by atoms with van der Waals surface area (Å²) in [6.45, 7) is 2.70. The van der Waals surface area contributed by atoms with Crippen LogP contribution in [0.3, 0.4) is 0 Å². The lowest BCUT2D eigenvalue weighted by atomic mass is 9.96. The number of carbonyl (C=O) groups is 1. The molecule has 0 bridgehead atoms. The third kappa shape index (κ3) is 3.62. The monoisotopic (exact) mass is 447 g/mol. The highest BCUT2D eigenvalue weighted by molar-refractivity contribution is 14.1. The summed E-state index contributed by atoms with van der Waals surface area (Å²) in [6.07, 6.45) is 1.81. The molecule has 1 aromatic carbocycles. The topological polar surface area (TPSA) is 57.2 Å². The molecule has 2 aliphatic rings. The van der Waals surface area contributed by atoms with Crippen LogP contribution in [0, 0.1) is 9.49 Å². The van der Waals surface area contributed by atoms with E-state index in [-0.39, 0.29) is 18.1 Å². The van der Waals surface area contributed by atoms with Gasteiger partial charge in [-0.05, 0) is 47.6 Å². The fourth-order valence-electron chi connectivity index (χ4n) is 3.25. The molecule has 6 nitrogen and oxygen atoms in total. The third-order valence-electron chi connectivity index (χ3n) is 4.48. The largest absolute Gasteiger partial charge is 0.493 e. The van der Waals surface area contributed by atoms with Crippen LogP contribution in [0.1, 0.15) is 23.2 Å². The molecular weight excluding hydrogens is 425 g/mol. The van der Waals surface area contributed by atoms with Gasteiger partial charge in [0.1, 0.15) is 0 Å². The van der Waals surface area contributed by atoms with Crippen molar-refractivity contribution in [3.05, 3.63) is 21.3 Å². The maximum Gasteiger partial charge on any atom is 0.255 e. The van der Waals surface area contributed by atoms with Crippen LogP contribution >= 0.6 is 22.6 Å². The Balaban J connectivity index is 1.78. The van der Waals surface area contributed by atoms with E-state index in [2.05, 4.69) is 22.6 Å². The van der Waals surface area contributed by atoms with Crippen molar-refractivity contribution in [2.45, 2.75) is 19.1 Å². The minimum Gasteiger partial charge on any atom is -0.493 e. The Morgan fingerprint density at radius 1 is 1.21 bits per heavy atom. The van der Waals surface area contributed by atoms with Crippen LogP contribution in [-0.4, -0.2) is 57.6 Å². The first-order valence-corrected chi connectivity index (χ1v) is 9.16. The van der Waals surface area contributed by atoms with E-state index in [0.29, 0.717) is 36.8 Å². The Morgan fingerprint density at radius 3 is 2.54 bits per heavy atom. The highest BCUT2D eigenvalue weighted by atomic mass is 127. The molecule has 132 valence electrons. The Kier molecular flexibility index (Phi) is 5.83. The van der Waals surface area contributed by atoms with Crippen LogP contribution in [0.15, 0.2) is 12.1 Å². The fourth-order valence-corrected chi connectivity index (χ4v) is 3.92. The van der Waals surface area contributed by atoms with Crippen molar-refractivity contribution in [3.63, 3.8) is 0 Å². The van der Waals surface area contributed by atoms with Crippen molar-refractivity contribution in [1.29, 1.82) is 0 Å². The molecular formula is C17H22INO5. The Bertz CT molecular complexity index is 603. The van der Waals surface area contributed by atoms with E-state index in [0.717, 1.165) is 23.0 Å². The molecule has 2 saturated heterocycles. The highest BCUT2D eigenvalue weighted by Crippen LogP contribution is 2.33. The molecule has 1 amide bonds. The average molecular weight is 447 g/mol. The number of methoxy groups -OCH3 is 2. The molecule has 2 fully saturated rings. The number of piperidine rings is 1. The van der Waals surface area contributed by atoms with Crippen molar-refractivity contribution >= 4 is 28.5 Å². The van der Waals surface area contributed by atoms with Gasteiger partial charge >= 0.3 is 0 Å². The van der Waals surface area contributed by atoms with Gasteiger partial charge in [0, 0.05) is 22.6 Å².